The Balaban J connectivity index is 1.03. The van der Waals surface area contributed by atoms with Crippen molar-refractivity contribution in [2.45, 2.75) is 63.2 Å². The first-order valence-corrected chi connectivity index (χ1v) is 15.6. The number of hydrogen-bond donors (Lipinski definition) is 3. The fourth-order valence-corrected chi connectivity index (χ4v) is 8.92. The Morgan fingerprint density at radius 3 is 2.49 bits per heavy atom. The Kier molecular flexibility index (Phi) is 8.36. The molecule has 2 aromatic rings. The molecule has 0 spiro atoms. The third-order valence-corrected chi connectivity index (χ3v) is 10.3. The summed E-state index contributed by atoms with van der Waals surface area (Å²) in [7, 11) is 1.34. The first-order chi connectivity index (χ1) is 19.9. The summed E-state index contributed by atoms with van der Waals surface area (Å²) in [6.45, 7) is 4.61. The highest BCUT2D eigenvalue weighted by Gasteiger charge is 2.57. The van der Waals surface area contributed by atoms with Gasteiger partial charge in [-0.1, -0.05) is 18.2 Å². The fraction of sp³-hybridized carbons (Fsp3) is 0.588. The molecule has 3 N–H and O–H groups in total. The average molecular weight is 560 g/mol. The van der Waals surface area contributed by atoms with Crippen molar-refractivity contribution >= 4 is 17.6 Å². The molecule has 7 rings (SSSR count). The van der Waals surface area contributed by atoms with Gasteiger partial charge >= 0.3 is 5.97 Å². The molecule has 5 aliphatic rings. The number of nitrogens with one attached hydrogen (secondary N) is 3. The van der Waals surface area contributed by atoms with Gasteiger partial charge in [0.2, 0.25) is 0 Å². The molecule has 0 radical (unpaired) electrons. The van der Waals surface area contributed by atoms with Crippen molar-refractivity contribution in [1.82, 2.24) is 10.6 Å². The van der Waals surface area contributed by atoms with Crippen LogP contribution >= 0.6 is 0 Å². The first kappa shape index (κ1) is 28.2. The van der Waals surface area contributed by atoms with Crippen molar-refractivity contribution < 1.29 is 19.1 Å². The molecule has 1 amide bonds. The number of esters is 1. The Hall–Kier alpha value is -2.90. The molecule has 4 saturated carbocycles. The minimum Gasteiger partial charge on any atom is -0.484 e. The molecule has 7 nitrogen and oxygen atoms in total. The third kappa shape index (κ3) is 6.46. The molecular weight excluding hydrogens is 514 g/mol. The lowest BCUT2D eigenvalue weighted by atomic mass is 9.43. The molecule has 2 atom stereocenters. The maximum absolute atomic E-state index is 12.5. The van der Waals surface area contributed by atoms with Crippen LogP contribution in [-0.2, 0) is 14.9 Å². The van der Waals surface area contributed by atoms with Gasteiger partial charge in [0.15, 0.2) is 6.61 Å². The summed E-state index contributed by atoms with van der Waals surface area (Å²) >= 11 is 0. The maximum atomic E-state index is 12.5. The third-order valence-electron chi connectivity index (χ3n) is 10.3. The van der Waals surface area contributed by atoms with Crippen molar-refractivity contribution in [1.29, 1.82) is 0 Å². The Morgan fingerprint density at radius 1 is 1.00 bits per heavy atom. The average Bonchev–Trinajstić information content (AvgIpc) is 2.98. The molecule has 1 heterocycles. The summed E-state index contributed by atoms with van der Waals surface area (Å²) in [5.41, 5.74) is 3.09. The summed E-state index contributed by atoms with van der Waals surface area (Å²) in [6, 6.07) is 15.3. The van der Waals surface area contributed by atoms with Gasteiger partial charge in [0.1, 0.15) is 5.75 Å². The number of ether oxygens (including phenoxy) is 2. The van der Waals surface area contributed by atoms with Gasteiger partial charge in [-0.05, 0) is 142 Å². The lowest BCUT2D eigenvalue weighted by molar-refractivity contribution is -0.118. The van der Waals surface area contributed by atoms with Gasteiger partial charge < -0.3 is 25.4 Å². The number of piperidine rings is 1. The van der Waals surface area contributed by atoms with Crippen LogP contribution < -0.4 is 20.7 Å². The predicted octanol–water partition coefficient (Wildman–Crippen LogP) is 5.31. The number of anilines is 1. The highest BCUT2D eigenvalue weighted by Crippen LogP contribution is 2.65. The molecule has 220 valence electrons. The van der Waals surface area contributed by atoms with E-state index in [1.807, 2.05) is 12.1 Å². The molecule has 4 aliphatic carbocycles. The van der Waals surface area contributed by atoms with Gasteiger partial charge in [0.25, 0.3) is 5.91 Å². The van der Waals surface area contributed by atoms with Crippen LogP contribution in [0.5, 0.6) is 5.75 Å². The van der Waals surface area contributed by atoms with Crippen LogP contribution in [0.15, 0.2) is 48.5 Å². The minimum absolute atomic E-state index is 0.0940. The van der Waals surface area contributed by atoms with Gasteiger partial charge in [0.05, 0.1) is 12.7 Å². The second-order valence-corrected chi connectivity index (χ2v) is 13.3. The Morgan fingerprint density at radius 2 is 1.76 bits per heavy atom. The molecule has 5 fully saturated rings. The zero-order valence-electron chi connectivity index (χ0n) is 24.4. The summed E-state index contributed by atoms with van der Waals surface area (Å²) in [4.78, 5) is 24.3. The number of benzene rings is 2. The van der Waals surface area contributed by atoms with E-state index in [0.717, 1.165) is 24.3 Å². The number of amides is 1. The Labute approximate surface area is 244 Å². The molecule has 2 unspecified atom stereocenters. The van der Waals surface area contributed by atoms with Gasteiger partial charge in [0, 0.05) is 12.2 Å². The SMILES string of the molecule is COC(=O)c1cccc(NC(=O)COc2ccc(C34CC5CC(CC(CNCCC6CCNCC6)(C5)C3)C4)cc2)c1. The zero-order chi connectivity index (χ0) is 28.3. The van der Waals surface area contributed by atoms with E-state index in [1.165, 1.54) is 90.1 Å². The summed E-state index contributed by atoms with van der Waals surface area (Å²) in [5.74, 6) is 2.57. The summed E-state index contributed by atoms with van der Waals surface area (Å²) in [5, 5.41) is 10.2. The van der Waals surface area contributed by atoms with Crippen molar-refractivity contribution in [2.75, 3.05) is 45.2 Å². The second kappa shape index (κ2) is 12.1. The molecule has 0 aromatic heterocycles. The van der Waals surface area contributed by atoms with Gasteiger partial charge in [-0.15, -0.1) is 0 Å². The standard InChI is InChI=1S/C34H45N3O4/c1-40-32(39)27-3-2-4-29(16-27)37-31(38)21-41-30-7-5-28(6-8-30)34-19-25-15-26(20-34)18-33(17-25,22-34)23-36-14-11-24-9-12-35-13-10-24/h2-8,16,24-26,35-36H,9-15,17-23H2,1H3,(H,37,38). The van der Waals surface area contributed by atoms with Gasteiger partial charge in [-0.3, -0.25) is 4.79 Å². The molecule has 2 aromatic carbocycles. The quantitative estimate of drug-likeness (QED) is 0.256. The number of carbonyl (C=O) groups excluding carboxylic acids is 2. The van der Waals surface area contributed by atoms with Crippen LogP contribution in [0.3, 0.4) is 0 Å². The van der Waals surface area contributed by atoms with Crippen LogP contribution in [0, 0.1) is 23.2 Å². The van der Waals surface area contributed by atoms with Crippen LogP contribution in [0.4, 0.5) is 5.69 Å². The highest BCUT2D eigenvalue weighted by atomic mass is 16.5. The van der Waals surface area contributed by atoms with Crippen LogP contribution in [0.1, 0.15) is 73.7 Å². The van der Waals surface area contributed by atoms with E-state index in [0.29, 0.717) is 22.4 Å². The van der Waals surface area contributed by atoms with Crippen LogP contribution in [-0.4, -0.2) is 51.8 Å². The first-order valence-electron chi connectivity index (χ1n) is 15.6. The van der Waals surface area contributed by atoms with Gasteiger partial charge in [-0.25, -0.2) is 4.79 Å². The normalized spacial score (nSPS) is 28.8. The van der Waals surface area contributed by atoms with E-state index < -0.39 is 5.97 Å². The van der Waals surface area contributed by atoms with E-state index in [1.54, 1.807) is 24.3 Å². The topological polar surface area (TPSA) is 88.7 Å². The monoisotopic (exact) mass is 559 g/mol. The van der Waals surface area contributed by atoms with E-state index in [4.69, 9.17) is 9.47 Å². The van der Waals surface area contributed by atoms with Crippen LogP contribution in [0.25, 0.3) is 0 Å². The molecule has 1 saturated heterocycles. The fourth-order valence-electron chi connectivity index (χ4n) is 8.92. The van der Waals surface area contributed by atoms with Crippen molar-refractivity contribution in [3.8, 4) is 5.75 Å². The number of methoxy groups -OCH3 is 1. The second-order valence-electron chi connectivity index (χ2n) is 13.3. The van der Waals surface area contributed by atoms with E-state index in [-0.39, 0.29) is 17.9 Å². The molecule has 1 aliphatic heterocycles. The maximum Gasteiger partial charge on any atom is 0.337 e. The summed E-state index contributed by atoms with van der Waals surface area (Å²) in [6.07, 6.45) is 12.1. The number of rotatable bonds is 11. The molecule has 41 heavy (non-hydrogen) atoms. The van der Waals surface area contributed by atoms with Crippen LogP contribution in [0.2, 0.25) is 0 Å². The lowest BCUT2D eigenvalue weighted by Gasteiger charge is -2.62. The zero-order valence-corrected chi connectivity index (χ0v) is 24.4. The van der Waals surface area contributed by atoms with E-state index in [9.17, 15) is 9.59 Å². The van der Waals surface area contributed by atoms with Gasteiger partial charge in [-0.2, -0.15) is 0 Å². The van der Waals surface area contributed by atoms with Crippen molar-refractivity contribution in [2.24, 2.45) is 23.2 Å². The molecular formula is C34H45N3O4. The van der Waals surface area contributed by atoms with E-state index in [2.05, 4.69) is 28.1 Å². The smallest absolute Gasteiger partial charge is 0.337 e. The number of carbonyl (C=O) groups is 2. The van der Waals surface area contributed by atoms with Crippen molar-refractivity contribution in [3.63, 3.8) is 0 Å². The predicted molar refractivity (Wildman–Crippen MR) is 160 cm³/mol. The highest BCUT2D eigenvalue weighted by molar-refractivity contribution is 5.95. The largest absolute Gasteiger partial charge is 0.484 e. The number of hydrogen-bond acceptors (Lipinski definition) is 6. The lowest BCUT2D eigenvalue weighted by Crippen LogP contribution is -2.57. The minimum atomic E-state index is -0.439. The molecule has 7 heteroatoms. The summed E-state index contributed by atoms with van der Waals surface area (Å²) < 4.78 is 10.6. The van der Waals surface area contributed by atoms with Crippen molar-refractivity contribution in [3.05, 3.63) is 59.7 Å². The van der Waals surface area contributed by atoms with E-state index >= 15 is 0 Å². The molecule has 4 bridgehead atoms. The Bertz CT molecular complexity index is 1210.